The molecule has 1 amide bonds. The molecule has 0 saturated carbocycles. The Labute approximate surface area is 141 Å². The van der Waals surface area contributed by atoms with Gasteiger partial charge in [-0.3, -0.25) is 4.79 Å². The zero-order chi connectivity index (χ0) is 17.2. The van der Waals surface area contributed by atoms with Crippen LogP contribution in [-0.2, 0) is 10.2 Å². The first-order chi connectivity index (χ1) is 10.7. The van der Waals surface area contributed by atoms with Crippen LogP contribution in [0.2, 0.25) is 0 Å². The van der Waals surface area contributed by atoms with Crippen molar-refractivity contribution in [2.45, 2.75) is 57.4 Å². The molecule has 5 nitrogen and oxygen atoms in total. The Morgan fingerprint density at radius 1 is 1.26 bits per heavy atom. The number of benzene rings is 1. The minimum absolute atomic E-state index is 0.0841. The van der Waals surface area contributed by atoms with Gasteiger partial charge in [-0.25, -0.2) is 0 Å². The van der Waals surface area contributed by atoms with Crippen LogP contribution in [-0.4, -0.2) is 21.4 Å². The van der Waals surface area contributed by atoms with E-state index < -0.39 is 0 Å². The molecule has 1 aromatic carbocycles. The van der Waals surface area contributed by atoms with Gasteiger partial charge in [0.25, 0.3) is 5.22 Å². The highest BCUT2D eigenvalue weighted by Gasteiger charge is 2.24. The summed E-state index contributed by atoms with van der Waals surface area (Å²) >= 11 is 1.27. The van der Waals surface area contributed by atoms with Gasteiger partial charge in [-0.2, -0.15) is 0 Å². The monoisotopic (exact) mass is 333 g/mol. The molecule has 0 aliphatic heterocycles. The number of aryl methyl sites for hydroxylation is 1. The van der Waals surface area contributed by atoms with Crippen LogP contribution >= 0.6 is 11.8 Å². The molecule has 1 heterocycles. The van der Waals surface area contributed by atoms with Gasteiger partial charge in [0.05, 0.1) is 5.25 Å². The number of carbonyl (C=O) groups is 1. The third-order valence-corrected chi connectivity index (χ3v) is 4.49. The SMILES string of the molecule is Cc1cccc(NC(=O)C(C)Sc2nnc(C(C)(C)C)o2)c1C. The largest absolute Gasteiger partial charge is 0.415 e. The minimum atomic E-state index is -0.330. The Morgan fingerprint density at radius 2 is 1.96 bits per heavy atom. The standard InChI is InChI=1S/C17H23N3O2S/c1-10-8-7-9-13(11(10)2)18-14(21)12(3)23-16-20-19-15(22-16)17(4,5)6/h7-9,12H,1-6H3,(H,18,21). The summed E-state index contributed by atoms with van der Waals surface area (Å²) in [5.74, 6) is 0.487. The number of nitrogens with one attached hydrogen (secondary N) is 1. The minimum Gasteiger partial charge on any atom is -0.415 e. The summed E-state index contributed by atoms with van der Waals surface area (Å²) in [6, 6.07) is 5.86. The summed E-state index contributed by atoms with van der Waals surface area (Å²) in [6.07, 6.45) is 0. The zero-order valence-corrected chi connectivity index (χ0v) is 15.2. The summed E-state index contributed by atoms with van der Waals surface area (Å²) in [6.45, 7) is 11.9. The van der Waals surface area contributed by atoms with Crippen LogP contribution in [0.4, 0.5) is 5.69 Å². The molecule has 0 fully saturated rings. The Balaban J connectivity index is 2.03. The number of hydrogen-bond acceptors (Lipinski definition) is 5. The van der Waals surface area contributed by atoms with Gasteiger partial charge in [0, 0.05) is 11.1 Å². The fourth-order valence-electron chi connectivity index (χ4n) is 1.89. The summed E-state index contributed by atoms with van der Waals surface area (Å²) < 4.78 is 5.62. The molecule has 0 spiro atoms. The lowest BCUT2D eigenvalue weighted by molar-refractivity contribution is -0.115. The molecule has 2 rings (SSSR count). The van der Waals surface area contributed by atoms with Gasteiger partial charge < -0.3 is 9.73 Å². The van der Waals surface area contributed by atoms with Gasteiger partial charge in [0.2, 0.25) is 11.8 Å². The van der Waals surface area contributed by atoms with E-state index in [-0.39, 0.29) is 16.6 Å². The van der Waals surface area contributed by atoms with Gasteiger partial charge in [0.1, 0.15) is 0 Å². The predicted octanol–water partition coefficient (Wildman–Crippen LogP) is 4.10. The van der Waals surface area contributed by atoms with Gasteiger partial charge in [-0.15, -0.1) is 10.2 Å². The maximum absolute atomic E-state index is 12.4. The van der Waals surface area contributed by atoms with Crippen LogP contribution in [0.3, 0.4) is 0 Å². The number of rotatable bonds is 4. The van der Waals surface area contributed by atoms with Gasteiger partial charge in [0.15, 0.2) is 0 Å². The van der Waals surface area contributed by atoms with Crippen LogP contribution < -0.4 is 5.32 Å². The fraction of sp³-hybridized carbons (Fsp3) is 0.471. The Hall–Kier alpha value is -1.82. The normalized spacial score (nSPS) is 13.0. The van der Waals surface area contributed by atoms with E-state index >= 15 is 0 Å². The molecule has 0 radical (unpaired) electrons. The van der Waals surface area contributed by atoms with Gasteiger partial charge >= 0.3 is 0 Å². The number of anilines is 1. The quantitative estimate of drug-likeness (QED) is 0.853. The molecule has 1 atom stereocenters. The molecule has 0 aliphatic rings. The first-order valence-corrected chi connectivity index (χ1v) is 8.44. The average Bonchev–Trinajstić information content (AvgIpc) is 2.92. The van der Waals surface area contributed by atoms with Crippen molar-refractivity contribution < 1.29 is 9.21 Å². The van der Waals surface area contributed by atoms with E-state index in [1.165, 1.54) is 11.8 Å². The highest BCUT2D eigenvalue weighted by atomic mass is 32.2. The van der Waals surface area contributed by atoms with Crippen LogP contribution in [0.1, 0.15) is 44.7 Å². The summed E-state index contributed by atoms with van der Waals surface area (Å²) in [4.78, 5) is 12.4. The second-order valence-electron chi connectivity index (χ2n) is 6.62. The van der Waals surface area contributed by atoms with E-state index in [9.17, 15) is 4.79 Å². The second kappa shape index (κ2) is 6.74. The Kier molecular flexibility index (Phi) is 5.14. The zero-order valence-electron chi connectivity index (χ0n) is 14.4. The van der Waals surface area contributed by atoms with E-state index in [1.807, 2.05) is 59.7 Å². The number of hydrogen-bond donors (Lipinski definition) is 1. The molecule has 2 aromatic rings. The highest BCUT2D eigenvalue weighted by molar-refractivity contribution is 8.00. The van der Waals surface area contributed by atoms with Gasteiger partial charge in [-0.05, 0) is 38.0 Å². The molecule has 0 bridgehead atoms. The molecular formula is C17H23N3O2S. The fourth-order valence-corrected chi connectivity index (χ4v) is 2.57. The van der Waals surface area contributed by atoms with Crippen molar-refractivity contribution in [1.82, 2.24) is 10.2 Å². The molecule has 1 unspecified atom stereocenters. The maximum Gasteiger partial charge on any atom is 0.277 e. The first-order valence-electron chi connectivity index (χ1n) is 7.56. The van der Waals surface area contributed by atoms with Crippen molar-refractivity contribution in [3.8, 4) is 0 Å². The lowest BCUT2D eigenvalue weighted by Gasteiger charge is -2.13. The van der Waals surface area contributed by atoms with Crippen molar-refractivity contribution in [2.75, 3.05) is 5.32 Å². The molecule has 0 saturated heterocycles. The van der Waals surface area contributed by atoms with Crippen molar-refractivity contribution in [1.29, 1.82) is 0 Å². The Morgan fingerprint density at radius 3 is 2.57 bits per heavy atom. The molecule has 0 aliphatic carbocycles. The summed E-state index contributed by atoms with van der Waals surface area (Å²) in [7, 11) is 0. The summed E-state index contributed by atoms with van der Waals surface area (Å²) in [5.41, 5.74) is 2.86. The molecule has 6 heteroatoms. The smallest absolute Gasteiger partial charge is 0.277 e. The van der Waals surface area contributed by atoms with Crippen molar-refractivity contribution in [2.24, 2.45) is 0 Å². The maximum atomic E-state index is 12.4. The lowest BCUT2D eigenvalue weighted by Crippen LogP contribution is -2.23. The molecule has 1 aromatic heterocycles. The third-order valence-electron chi connectivity index (χ3n) is 3.56. The molecule has 23 heavy (non-hydrogen) atoms. The summed E-state index contributed by atoms with van der Waals surface area (Å²) in [5, 5.41) is 11.1. The van der Waals surface area contributed by atoms with Crippen LogP contribution in [0.25, 0.3) is 0 Å². The number of thioether (sulfide) groups is 1. The first kappa shape index (κ1) is 17.5. The van der Waals surface area contributed by atoms with E-state index in [0.717, 1.165) is 16.8 Å². The lowest BCUT2D eigenvalue weighted by atomic mass is 9.97. The molecule has 1 N–H and O–H groups in total. The number of aromatic nitrogens is 2. The average molecular weight is 333 g/mol. The van der Waals surface area contributed by atoms with Crippen LogP contribution in [0.15, 0.2) is 27.8 Å². The number of amides is 1. The van der Waals surface area contributed by atoms with Crippen molar-refractivity contribution in [3.05, 3.63) is 35.2 Å². The van der Waals surface area contributed by atoms with Crippen LogP contribution in [0.5, 0.6) is 0 Å². The molecular weight excluding hydrogens is 310 g/mol. The highest BCUT2D eigenvalue weighted by Crippen LogP contribution is 2.28. The van der Waals surface area contributed by atoms with E-state index in [4.69, 9.17) is 4.42 Å². The topological polar surface area (TPSA) is 68.0 Å². The molecule has 124 valence electrons. The second-order valence-corrected chi connectivity index (χ2v) is 7.91. The Bertz CT molecular complexity index is 704. The van der Waals surface area contributed by atoms with E-state index in [2.05, 4.69) is 15.5 Å². The number of carbonyl (C=O) groups excluding carboxylic acids is 1. The third kappa shape index (κ3) is 4.34. The van der Waals surface area contributed by atoms with Crippen molar-refractivity contribution in [3.63, 3.8) is 0 Å². The van der Waals surface area contributed by atoms with Crippen molar-refractivity contribution >= 4 is 23.4 Å². The van der Waals surface area contributed by atoms with Gasteiger partial charge in [-0.1, -0.05) is 44.7 Å². The van der Waals surface area contributed by atoms with E-state index in [0.29, 0.717) is 11.1 Å². The predicted molar refractivity (Wildman–Crippen MR) is 92.9 cm³/mol. The van der Waals surface area contributed by atoms with Crippen LogP contribution in [0, 0.1) is 13.8 Å². The van der Waals surface area contributed by atoms with E-state index in [1.54, 1.807) is 0 Å². The number of nitrogens with zero attached hydrogens (tertiary/aromatic N) is 2.